The van der Waals surface area contributed by atoms with Gasteiger partial charge in [-0.3, -0.25) is 10.00 Å². The van der Waals surface area contributed by atoms with Crippen LogP contribution in [0.3, 0.4) is 0 Å². The number of nitriles is 1. The van der Waals surface area contributed by atoms with E-state index in [9.17, 15) is 0 Å². The monoisotopic (exact) mass is 190 g/mol. The Morgan fingerprint density at radius 1 is 1.79 bits per heavy atom. The quantitative estimate of drug-likeness (QED) is 0.743. The van der Waals surface area contributed by atoms with Crippen molar-refractivity contribution in [3.05, 3.63) is 18.0 Å². The molecular weight excluding hydrogens is 176 g/mol. The van der Waals surface area contributed by atoms with Crippen LogP contribution < -0.4 is 5.32 Å². The van der Waals surface area contributed by atoms with E-state index in [1.807, 2.05) is 19.3 Å². The fraction of sp³-hybridized carbons (Fsp3) is 0.600. The second-order valence-corrected chi connectivity index (χ2v) is 3.88. The highest BCUT2D eigenvalue weighted by molar-refractivity contribution is 5.17. The van der Waals surface area contributed by atoms with Gasteiger partial charge in [0.15, 0.2) is 0 Å². The van der Waals surface area contributed by atoms with Crippen molar-refractivity contribution >= 4 is 0 Å². The second-order valence-electron chi connectivity index (χ2n) is 3.88. The number of aryl methyl sites for hydroxylation is 1. The van der Waals surface area contributed by atoms with Crippen molar-refractivity contribution in [2.24, 2.45) is 7.05 Å². The lowest BCUT2D eigenvalue weighted by atomic mass is 9.93. The average molecular weight is 190 g/mol. The number of nitrogens with one attached hydrogen (secondary N) is 1. The van der Waals surface area contributed by atoms with Crippen LogP contribution in [0.1, 0.15) is 18.5 Å². The van der Waals surface area contributed by atoms with Gasteiger partial charge in [0.05, 0.1) is 11.8 Å². The lowest BCUT2D eigenvalue weighted by Crippen LogP contribution is -2.40. The number of hydrogen-bond acceptors (Lipinski definition) is 3. The molecular formula is C10H14N4. The van der Waals surface area contributed by atoms with E-state index in [1.165, 1.54) is 0 Å². The Balaban J connectivity index is 2.13. The van der Waals surface area contributed by atoms with Crippen molar-refractivity contribution in [3.63, 3.8) is 0 Å². The van der Waals surface area contributed by atoms with Crippen LogP contribution in [0.2, 0.25) is 0 Å². The summed E-state index contributed by atoms with van der Waals surface area (Å²) < 4.78 is 1.77. The van der Waals surface area contributed by atoms with Crippen LogP contribution in [0.4, 0.5) is 0 Å². The molecule has 1 aliphatic heterocycles. The first-order valence-corrected chi connectivity index (χ1v) is 4.89. The summed E-state index contributed by atoms with van der Waals surface area (Å²) >= 11 is 0. The predicted octanol–water partition coefficient (Wildman–Crippen LogP) is 0.608. The molecule has 2 rings (SSSR count). The maximum Gasteiger partial charge on any atom is 0.112 e. The molecule has 0 radical (unpaired) electrons. The minimum atomic E-state index is -0.367. The first kappa shape index (κ1) is 9.22. The molecule has 0 aromatic carbocycles. The van der Waals surface area contributed by atoms with Crippen LogP contribution >= 0.6 is 0 Å². The van der Waals surface area contributed by atoms with Crippen LogP contribution in [0.5, 0.6) is 0 Å². The third-order valence-electron chi connectivity index (χ3n) is 2.71. The maximum atomic E-state index is 9.14. The molecule has 0 bridgehead atoms. The summed E-state index contributed by atoms with van der Waals surface area (Å²) in [5.74, 6) is 0. The molecule has 0 saturated carbocycles. The van der Waals surface area contributed by atoms with Gasteiger partial charge in [0.1, 0.15) is 5.54 Å². The minimum Gasteiger partial charge on any atom is -0.299 e. The largest absolute Gasteiger partial charge is 0.299 e. The molecule has 1 fully saturated rings. The van der Waals surface area contributed by atoms with E-state index in [0.717, 1.165) is 25.1 Å². The average Bonchev–Trinajstić information content (AvgIpc) is 2.77. The first-order valence-electron chi connectivity index (χ1n) is 4.89. The van der Waals surface area contributed by atoms with E-state index in [1.54, 1.807) is 4.68 Å². The van der Waals surface area contributed by atoms with Crippen LogP contribution in [0, 0.1) is 11.3 Å². The van der Waals surface area contributed by atoms with Gasteiger partial charge < -0.3 is 0 Å². The highest BCUT2D eigenvalue weighted by Crippen LogP contribution is 2.22. The zero-order chi connectivity index (χ0) is 10.0. The van der Waals surface area contributed by atoms with E-state index in [2.05, 4.69) is 16.5 Å². The van der Waals surface area contributed by atoms with Crippen LogP contribution in [-0.4, -0.2) is 21.9 Å². The van der Waals surface area contributed by atoms with Crippen molar-refractivity contribution in [1.82, 2.24) is 15.1 Å². The van der Waals surface area contributed by atoms with E-state index in [4.69, 9.17) is 5.26 Å². The van der Waals surface area contributed by atoms with Gasteiger partial charge in [0.25, 0.3) is 0 Å². The van der Waals surface area contributed by atoms with Gasteiger partial charge in [-0.1, -0.05) is 0 Å². The summed E-state index contributed by atoms with van der Waals surface area (Å²) in [4.78, 5) is 0. The third kappa shape index (κ3) is 1.64. The molecule has 2 heterocycles. The van der Waals surface area contributed by atoms with Crippen LogP contribution in [-0.2, 0) is 13.5 Å². The summed E-state index contributed by atoms with van der Waals surface area (Å²) in [7, 11) is 1.89. The number of aromatic nitrogens is 2. The number of nitrogens with zero attached hydrogens (tertiary/aromatic N) is 3. The molecule has 1 unspecified atom stereocenters. The van der Waals surface area contributed by atoms with Gasteiger partial charge in [-0.15, -0.1) is 0 Å². The molecule has 1 atom stereocenters. The minimum absolute atomic E-state index is 0.367. The van der Waals surface area contributed by atoms with Crippen molar-refractivity contribution < 1.29 is 0 Å². The van der Waals surface area contributed by atoms with Gasteiger partial charge in [0, 0.05) is 19.7 Å². The summed E-state index contributed by atoms with van der Waals surface area (Å²) in [6, 6.07) is 4.35. The Hall–Kier alpha value is -1.34. The van der Waals surface area contributed by atoms with Crippen molar-refractivity contribution in [3.8, 4) is 6.07 Å². The maximum absolute atomic E-state index is 9.14. The number of hydrogen-bond donors (Lipinski definition) is 1. The summed E-state index contributed by atoms with van der Waals surface area (Å²) in [6.07, 6.45) is 4.64. The Morgan fingerprint density at radius 3 is 3.14 bits per heavy atom. The topological polar surface area (TPSA) is 53.6 Å². The highest BCUT2D eigenvalue weighted by atomic mass is 15.2. The smallest absolute Gasteiger partial charge is 0.112 e. The second kappa shape index (κ2) is 3.43. The van der Waals surface area contributed by atoms with E-state index in [0.29, 0.717) is 6.42 Å². The lowest BCUT2D eigenvalue weighted by Gasteiger charge is -2.19. The lowest BCUT2D eigenvalue weighted by molar-refractivity contribution is 0.472. The van der Waals surface area contributed by atoms with Gasteiger partial charge in [-0.25, -0.2) is 0 Å². The molecule has 1 saturated heterocycles. The van der Waals surface area contributed by atoms with E-state index in [-0.39, 0.29) is 5.54 Å². The SMILES string of the molecule is Cn1ccc(CC2(C#N)CCCN2)n1. The molecule has 4 nitrogen and oxygen atoms in total. The van der Waals surface area contributed by atoms with Crippen molar-refractivity contribution in [2.45, 2.75) is 24.8 Å². The third-order valence-corrected chi connectivity index (χ3v) is 2.71. The molecule has 1 aromatic rings. The Morgan fingerprint density at radius 2 is 2.64 bits per heavy atom. The Kier molecular flexibility index (Phi) is 2.26. The van der Waals surface area contributed by atoms with E-state index < -0.39 is 0 Å². The normalized spacial score (nSPS) is 26.3. The fourth-order valence-corrected chi connectivity index (χ4v) is 1.96. The van der Waals surface area contributed by atoms with Gasteiger partial charge in [-0.2, -0.15) is 10.4 Å². The molecule has 0 spiro atoms. The Bertz CT molecular complexity index is 354. The molecule has 0 aliphatic carbocycles. The Labute approximate surface area is 83.5 Å². The van der Waals surface area contributed by atoms with Crippen LogP contribution in [0.15, 0.2) is 12.3 Å². The van der Waals surface area contributed by atoms with Gasteiger partial charge >= 0.3 is 0 Å². The molecule has 0 amide bonds. The molecule has 74 valence electrons. The molecule has 4 heteroatoms. The molecule has 1 N–H and O–H groups in total. The summed E-state index contributed by atoms with van der Waals surface area (Å²) in [5.41, 5.74) is 0.623. The van der Waals surface area contributed by atoms with Crippen LogP contribution in [0.25, 0.3) is 0 Å². The summed E-state index contributed by atoms with van der Waals surface area (Å²) in [6.45, 7) is 0.945. The predicted molar refractivity (Wildman–Crippen MR) is 52.5 cm³/mol. The molecule has 14 heavy (non-hydrogen) atoms. The molecule has 1 aromatic heterocycles. The zero-order valence-electron chi connectivity index (χ0n) is 8.32. The fourth-order valence-electron chi connectivity index (χ4n) is 1.96. The number of rotatable bonds is 2. The summed E-state index contributed by atoms with van der Waals surface area (Å²) in [5, 5.41) is 16.7. The standard InChI is InChI=1S/C10H14N4/c1-14-6-3-9(13-14)7-10(8-11)4-2-5-12-10/h3,6,12H,2,4-5,7H2,1H3. The van der Waals surface area contributed by atoms with E-state index >= 15 is 0 Å². The molecule has 1 aliphatic rings. The van der Waals surface area contributed by atoms with Crippen molar-refractivity contribution in [1.29, 1.82) is 5.26 Å². The van der Waals surface area contributed by atoms with Gasteiger partial charge in [0.2, 0.25) is 0 Å². The van der Waals surface area contributed by atoms with Crippen molar-refractivity contribution in [2.75, 3.05) is 6.54 Å². The van der Waals surface area contributed by atoms with Gasteiger partial charge in [-0.05, 0) is 25.5 Å². The first-order chi connectivity index (χ1) is 6.74. The zero-order valence-corrected chi connectivity index (χ0v) is 8.32. The highest BCUT2D eigenvalue weighted by Gasteiger charge is 2.34.